The normalized spacial score (nSPS) is 28.6. The summed E-state index contributed by atoms with van der Waals surface area (Å²) in [6.07, 6.45) is 0.205. The van der Waals surface area contributed by atoms with Gasteiger partial charge >= 0.3 is 6.18 Å². The average Bonchev–Trinajstić information content (AvgIpc) is 2.26. The highest BCUT2D eigenvalue weighted by Gasteiger charge is 2.51. The van der Waals surface area contributed by atoms with Gasteiger partial charge in [0.15, 0.2) is 0 Å². The lowest BCUT2D eigenvalue weighted by Gasteiger charge is -2.40. The van der Waals surface area contributed by atoms with Gasteiger partial charge in [0.05, 0.1) is 11.5 Å². The van der Waals surface area contributed by atoms with Crippen molar-refractivity contribution in [3.8, 4) is 0 Å². The van der Waals surface area contributed by atoms with E-state index in [1.165, 1.54) is 12.2 Å². The topological polar surface area (TPSA) is 41.3 Å². The summed E-state index contributed by atoms with van der Waals surface area (Å²) < 4.78 is 39.4. The zero-order valence-corrected chi connectivity index (χ0v) is 10.9. The van der Waals surface area contributed by atoms with E-state index in [2.05, 4.69) is 5.32 Å². The monoisotopic (exact) mass is 263 g/mol. The van der Waals surface area contributed by atoms with Crippen LogP contribution in [0.5, 0.6) is 0 Å². The number of rotatable bonds is 4. The summed E-state index contributed by atoms with van der Waals surface area (Å²) in [5.74, 6) is -1.60. The van der Waals surface area contributed by atoms with Gasteiger partial charge < -0.3 is 16.0 Å². The fraction of sp³-hybridized carbons (Fsp3) is 0.667. The molecular formula is C12H20F3N3. The molecule has 0 fully saturated rings. The Labute approximate surface area is 106 Å². The van der Waals surface area contributed by atoms with Gasteiger partial charge in [0.25, 0.3) is 0 Å². The first-order valence-electron chi connectivity index (χ1n) is 5.78. The second kappa shape index (κ2) is 5.32. The SMILES string of the molecule is CNC1(CCN(C)C)C=CC(N)=CC1C(F)(F)F. The molecule has 0 saturated carbocycles. The third-order valence-corrected chi connectivity index (χ3v) is 3.28. The number of hydrogen-bond acceptors (Lipinski definition) is 3. The molecule has 0 heterocycles. The van der Waals surface area contributed by atoms with Gasteiger partial charge in [-0.3, -0.25) is 0 Å². The summed E-state index contributed by atoms with van der Waals surface area (Å²) in [6.45, 7) is 0.561. The van der Waals surface area contributed by atoms with Gasteiger partial charge in [0.1, 0.15) is 0 Å². The van der Waals surface area contributed by atoms with Crippen molar-refractivity contribution in [2.45, 2.75) is 18.1 Å². The molecule has 18 heavy (non-hydrogen) atoms. The van der Waals surface area contributed by atoms with Crippen LogP contribution in [-0.2, 0) is 0 Å². The summed E-state index contributed by atoms with van der Waals surface area (Å²) in [5, 5.41) is 2.82. The Morgan fingerprint density at radius 2 is 2.06 bits per heavy atom. The lowest BCUT2D eigenvalue weighted by Crippen LogP contribution is -2.55. The highest BCUT2D eigenvalue weighted by Crippen LogP contribution is 2.40. The molecular weight excluding hydrogens is 243 g/mol. The molecule has 0 aliphatic heterocycles. The van der Waals surface area contributed by atoms with Gasteiger partial charge in [-0.15, -0.1) is 0 Å². The quantitative estimate of drug-likeness (QED) is 0.807. The maximum Gasteiger partial charge on any atom is 0.397 e. The second-order valence-corrected chi connectivity index (χ2v) is 4.86. The van der Waals surface area contributed by atoms with Gasteiger partial charge in [-0.05, 0) is 46.3 Å². The molecule has 1 rings (SSSR count). The summed E-state index contributed by atoms with van der Waals surface area (Å²) >= 11 is 0. The zero-order valence-electron chi connectivity index (χ0n) is 10.9. The molecule has 1 aliphatic carbocycles. The van der Waals surface area contributed by atoms with Crippen LogP contribution in [0.15, 0.2) is 23.9 Å². The molecule has 0 saturated heterocycles. The zero-order chi connectivity index (χ0) is 14.0. The molecule has 0 aromatic heterocycles. The maximum atomic E-state index is 13.1. The Hall–Kier alpha value is -1.01. The molecule has 0 amide bonds. The molecule has 0 aromatic rings. The Kier molecular flexibility index (Phi) is 4.45. The summed E-state index contributed by atoms with van der Waals surface area (Å²) in [5.41, 5.74) is 4.53. The van der Waals surface area contributed by atoms with Gasteiger partial charge in [-0.25, -0.2) is 0 Å². The van der Waals surface area contributed by atoms with Crippen LogP contribution in [0.1, 0.15) is 6.42 Å². The van der Waals surface area contributed by atoms with E-state index < -0.39 is 17.6 Å². The van der Waals surface area contributed by atoms with Gasteiger partial charge in [0.2, 0.25) is 0 Å². The van der Waals surface area contributed by atoms with E-state index in [4.69, 9.17) is 5.73 Å². The molecule has 0 aromatic carbocycles. The van der Waals surface area contributed by atoms with Crippen LogP contribution in [0, 0.1) is 5.92 Å². The first-order chi connectivity index (χ1) is 8.21. The van der Waals surface area contributed by atoms with Crippen molar-refractivity contribution in [2.24, 2.45) is 11.7 Å². The molecule has 104 valence electrons. The second-order valence-electron chi connectivity index (χ2n) is 4.86. The van der Waals surface area contributed by atoms with E-state index in [0.717, 1.165) is 6.08 Å². The number of nitrogens with one attached hydrogen (secondary N) is 1. The lowest BCUT2D eigenvalue weighted by atomic mass is 9.77. The number of likely N-dealkylation sites (N-methyl/N-ethyl adjacent to an activating group) is 1. The molecule has 0 radical (unpaired) electrons. The van der Waals surface area contributed by atoms with Crippen molar-refractivity contribution in [3.05, 3.63) is 23.9 Å². The summed E-state index contributed by atoms with van der Waals surface area (Å²) in [4.78, 5) is 1.86. The van der Waals surface area contributed by atoms with E-state index in [9.17, 15) is 13.2 Å². The summed E-state index contributed by atoms with van der Waals surface area (Å²) in [6, 6.07) is 0. The number of alkyl halides is 3. The number of nitrogens with zero attached hydrogens (tertiary/aromatic N) is 1. The maximum absolute atomic E-state index is 13.1. The van der Waals surface area contributed by atoms with E-state index in [0.29, 0.717) is 13.0 Å². The Morgan fingerprint density at radius 3 is 2.50 bits per heavy atom. The molecule has 3 N–H and O–H groups in total. The predicted octanol–water partition coefficient (Wildman–Crippen LogP) is 1.49. The van der Waals surface area contributed by atoms with Crippen molar-refractivity contribution < 1.29 is 13.2 Å². The minimum absolute atomic E-state index is 0.160. The van der Waals surface area contributed by atoms with Gasteiger partial charge in [-0.1, -0.05) is 6.08 Å². The molecule has 6 heteroatoms. The minimum atomic E-state index is -4.31. The predicted molar refractivity (Wildman–Crippen MR) is 65.9 cm³/mol. The van der Waals surface area contributed by atoms with Crippen LogP contribution in [0.3, 0.4) is 0 Å². The molecule has 2 atom stereocenters. The van der Waals surface area contributed by atoms with Crippen LogP contribution in [-0.4, -0.2) is 44.3 Å². The van der Waals surface area contributed by atoms with Crippen molar-refractivity contribution in [3.63, 3.8) is 0 Å². The number of halogens is 3. The van der Waals surface area contributed by atoms with Crippen LogP contribution in [0.4, 0.5) is 13.2 Å². The smallest absolute Gasteiger partial charge is 0.397 e. The fourth-order valence-corrected chi connectivity index (χ4v) is 2.14. The third kappa shape index (κ3) is 3.26. The van der Waals surface area contributed by atoms with Crippen LogP contribution in [0.2, 0.25) is 0 Å². The lowest BCUT2D eigenvalue weighted by molar-refractivity contribution is -0.177. The molecule has 1 aliphatic rings. The minimum Gasteiger partial charge on any atom is -0.399 e. The van der Waals surface area contributed by atoms with Crippen LogP contribution < -0.4 is 11.1 Å². The highest BCUT2D eigenvalue weighted by molar-refractivity contribution is 5.31. The van der Waals surface area contributed by atoms with E-state index in [1.54, 1.807) is 7.05 Å². The van der Waals surface area contributed by atoms with E-state index >= 15 is 0 Å². The molecule has 0 spiro atoms. The van der Waals surface area contributed by atoms with Crippen molar-refractivity contribution in [1.82, 2.24) is 10.2 Å². The largest absolute Gasteiger partial charge is 0.399 e. The average molecular weight is 263 g/mol. The molecule has 3 nitrogen and oxygen atoms in total. The highest BCUT2D eigenvalue weighted by atomic mass is 19.4. The van der Waals surface area contributed by atoms with Crippen molar-refractivity contribution in [2.75, 3.05) is 27.7 Å². The van der Waals surface area contributed by atoms with Crippen molar-refractivity contribution in [1.29, 1.82) is 0 Å². The number of hydrogen-bond donors (Lipinski definition) is 2. The Morgan fingerprint density at radius 1 is 1.44 bits per heavy atom. The fourth-order valence-electron chi connectivity index (χ4n) is 2.14. The number of nitrogens with two attached hydrogens (primary N) is 1. The van der Waals surface area contributed by atoms with Gasteiger partial charge in [-0.2, -0.15) is 13.2 Å². The standard InChI is InChI=1S/C12H20F3N3/c1-17-11(6-7-18(2)3)5-4-9(16)8-10(11)12(13,14)15/h4-5,8,10,17H,6-7,16H2,1-3H3. The molecule has 0 bridgehead atoms. The van der Waals surface area contributed by atoms with Crippen molar-refractivity contribution >= 4 is 0 Å². The first kappa shape index (κ1) is 15.0. The summed E-state index contributed by atoms with van der Waals surface area (Å²) in [7, 11) is 5.22. The number of allylic oxidation sites excluding steroid dienone is 1. The van der Waals surface area contributed by atoms with E-state index in [-0.39, 0.29) is 5.70 Å². The van der Waals surface area contributed by atoms with Gasteiger partial charge in [0, 0.05) is 5.70 Å². The Balaban J connectivity index is 3.03. The third-order valence-electron chi connectivity index (χ3n) is 3.28. The van der Waals surface area contributed by atoms with Crippen LogP contribution >= 0.6 is 0 Å². The Bertz CT molecular complexity index is 347. The van der Waals surface area contributed by atoms with Crippen LogP contribution in [0.25, 0.3) is 0 Å². The first-order valence-corrected chi connectivity index (χ1v) is 5.78. The molecule has 2 unspecified atom stereocenters. The van der Waals surface area contributed by atoms with E-state index in [1.807, 2.05) is 19.0 Å².